The first kappa shape index (κ1) is 16.4. The van der Waals surface area contributed by atoms with E-state index in [1.807, 2.05) is 0 Å². The Morgan fingerprint density at radius 1 is 1.40 bits per heavy atom. The second-order valence-corrected chi connectivity index (χ2v) is 5.10. The molecule has 1 aromatic rings. The van der Waals surface area contributed by atoms with Crippen LogP contribution in [0.4, 0.5) is 4.39 Å². The number of nitrogens with one attached hydrogen (secondary N) is 1. The maximum absolute atomic E-state index is 13.6. The van der Waals surface area contributed by atoms with Gasteiger partial charge in [-0.25, -0.2) is 9.18 Å². The Bertz CT molecular complexity index is 485. The van der Waals surface area contributed by atoms with Crippen molar-refractivity contribution in [2.45, 2.75) is 26.3 Å². The Labute approximate surface area is 122 Å². The summed E-state index contributed by atoms with van der Waals surface area (Å²) >= 11 is 5.85. The highest BCUT2D eigenvalue weighted by Crippen LogP contribution is 2.19. The van der Waals surface area contributed by atoms with Crippen LogP contribution in [0.5, 0.6) is 0 Å². The fourth-order valence-electron chi connectivity index (χ4n) is 1.71. The van der Waals surface area contributed by atoms with Gasteiger partial charge in [0.2, 0.25) is 5.91 Å². The molecule has 0 aromatic heterocycles. The van der Waals surface area contributed by atoms with Crippen molar-refractivity contribution in [3.05, 3.63) is 34.6 Å². The van der Waals surface area contributed by atoms with Gasteiger partial charge in [-0.3, -0.25) is 4.79 Å². The van der Waals surface area contributed by atoms with E-state index in [0.29, 0.717) is 0 Å². The molecule has 0 aliphatic heterocycles. The van der Waals surface area contributed by atoms with Gasteiger partial charge in [-0.2, -0.15) is 0 Å². The molecular weight excluding hydrogens is 285 g/mol. The lowest BCUT2D eigenvalue weighted by Crippen LogP contribution is -2.45. The standard InChI is InChI=1S/C14H17ClFNO3/c1-8(2)13(14(19)20-3)17-12(18)7-9-10(15)5-4-6-11(9)16/h4-6,8,13H,7H2,1-3H3,(H,17,18). The fraction of sp³-hybridized carbons (Fsp3) is 0.429. The molecule has 4 nitrogen and oxygen atoms in total. The van der Waals surface area contributed by atoms with Gasteiger partial charge in [-0.1, -0.05) is 31.5 Å². The molecule has 0 radical (unpaired) electrons. The van der Waals surface area contributed by atoms with Gasteiger partial charge in [-0.15, -0.1) is 0 Å². The summed E-state index contributed by atoms with van der Waals surface area (Å²) in [6.45, 7) is 3.55. The van der Waals surface area contributed by atoms with Crippen molar-refractivity contribution in [1.29, 1.82) is 0 Å². The molecule has 1 atom stereocenters. The monoisotopic (exact) mass is 301 g/mol. The molecule has 0 aliphatic carbocycles. The van der Waals surface area contributed by atoms with Gasteiger partial charge in [0.1, 0.15) is 11.9 Å². The van der Waals surface area contributed by atoms with E-state index in [2.05, 4.69) is 10.1 Å². The number of hydrogen-bond acceptors (Lipinski definition) is 3. The van der Waals surface area contributed by atoms with Crippen LogP contribution in [0.2, 0.25) is 5.02 Å². The molecule has 0 saturated carbocycles. The summed E-state index contributed by atoms with van der Waals surface area (Å²) in [6.07, 6.45) is -0.230. The predicted molar refractivity (Wildman–Crippen MR) is 73.9 cm³/mol. The van der Waals surface area contributed by atoms with Crippen LogP contribution in [0.15, 0.2) is 18.2 Å². The van der Waals surface area contributed by atoms with E-state index in [9.17, 15) is 14.0 Å². The quantitative estimate of drug-likeness (QED) is 0.849. The smallest absolute Gasteiger partial charge is 0.328 e. The minimum atomic E-state index is -0.766. The lowest BCUT2D eigenvalue weighted by Gasteiger charge is -2.20. The number of esters is 1. The molecule has 0 saturated heterocycles. The lowest BCUT2D eigenvalue weighted by atomic mass is 10.0. The van der Waals surface area contributed by atoms with E-state index in [1.165, 1.54) is 25.3 Å². The van der Waals surface area contributed by atoms with Crippen molar-refractivity contribution in [1.82, 2.24) is 5.32 Å². The first-order chi connectivity index (χ1) is 9.36. The SMILES string of the molecule is COC(=O)C(NC(=O)Cc1c(F)cccc1Cl)C(C)C. The number of hydrogen-bond donors (Lipinski definition) is 1. The fourth-order valence-corrected chi connectivity index (χ4v) is 1.94. The highest BCUT2D eigenvalue weighted by Gasteiger charge is 2.25. The van der Waals surface area contributed by atoms with Crippen LogP contribution in [-0.2, 0) is 20.7 Å². The van der Waals surface area contributed by atoms with Gasteiger partial charge in [0.15, 0.2) is 0 Å². The molecule has 0 aliphatic rings. The Morgan fingerprint density at radius 2 is 2.05 bits per heavy atom. The Kier molecular flexibility index (Phi) is 5.95. The van der Waals surface area contributed by atoms with Crippen LogP contribution in [0, 0.1) is 11.7 Å². The van der Waals surface area contributed by atoms with Crippen molar-refractivity contribution in [3.63, 3.8) is 0 Å². The number of carbonyl (C=O) groups is 2. The van der Waals surface area contributed by atoms with Gasteiger partial charge < -0.3 is 10.1 Å². The number of benzene rings is 1. The lowest BCUT2D eigenvalue weighted by molar-refractivity contribution is -0.146. The highest BCUT2D eigenvalue weighted by molar-refractivity contribution is 6.31. The second kappa shape index (κ2) is 7.24. The summed E-state index contributed by atoms with van der Waals surface area (Å²) in [5.74, 6) is -1.71. The third-order valence-corrected chi connectivity index (χ3v) is 3.19. The zero-order valence-corrected chi connectivity index (χ0v) is 12.3. The summed E-state index contributed by atoms with van der Waals surface area (Å²) in [6, 6.07) is 3.44. The Hall–Kier alpha value is -1.62. The zero-order valence-electron chi connectivity index (χ0n) is 11.6. The molecule has 0 fully saturated rings. The molecule has 1 aromatic carbocycles. The van der Waals surface area contributed by atoms with Crippen LogP contribution in [0.3, 0.4) is 0 Å². The number of ether oxygens (including phenoxy) is 1. The molecule has 0 spiro atoms. The Morgan fingerprint density at radius 3 is 2.55 bits per heavy atom. The van der Waals surface area contributed by atoms with Crippen molar-refractivity contribution >= 4 is 23.5 Å². The maximum Gasteiger partial charge on any atom is 0.328 e. The van der Waals surface area contributed by atoms with Gasteiger partial charge in [0, 0.05) is 10.6 Å². The van der Waals surface area contributed by atoms with Crippen molar-refractivity contribution in [3.8, 4) is 0 Å². The zero-order chi connectivity index (χ0) is 15.3. The third kappa shape index (κ3) is 4.20. The van der Waals surface area contributed by atoms with E-state index >= 15 is 0 Å². The highest BCUT2D eigenvalue weighted by atomic mass is 35.5. The number of rotatable bonds is 5. The van der Waals surface area contributed by atoms with Crippen LogP contribution < -0.4 is 5.32 Å². The largest absolute Gasteiger partial charge is 0.467 e. The number of methoxy groups -OCH3 is 1. The maximum atomic E-state index is 13.6. The third-order valence-electron chi connectivity index (χ3n) is 2.84. The van der Waals surface area contributed by atoms with Gasteiger partial charge in [-0.05, 0) is 18.1 Å². The van der Waals surface area contributed by atoms with E-state index in [0.717, 1.165) is 0 Å². The molecule has 0 bridgehead atoms. The summed E-state index contributed by atoms with van der Waals surface area (Å²) < 4.78 is 18.2. The van der Waals surface area contributed by atoms with E-state index in [1.54, 1.807) is 13.8 Å². The van der Waals surface area contributed by atoms with E-state index in [-0.39, 0.29) is 22.9 Å². The van der Waals surface area contributed by atoms with Crippen LogP contribution in [-0.4, -0.2) is 25.0 Å². The van der Waals surface area contributed by atoms with E-state index in [4.69, 9.17) is 11.6 Å². The first-order valence-electron chi connectivity index (χ1n) is 6.17. The molecule has 0 heterocycles. The Balaban J connectivity index is 2.79. The molecule has 1 amide bonds. The average Bonchev–Trinajstić information content (AvgIpc) is 2.39. The molecular formula is C14H17ClFNO3. The molecule has 20 heavy (non-hydrogen) atoms. The van der Waals surface area contributed by atoms with Crippen molar-refractivity contribution < 1.29 is 18.7 Å². The van der Waals surface area contributed by atoms with Crippen molar-refractivity contribution in [2.75, 3.05) is 7.11 Å². The molecule has 6 heteroatoms. The number of amides is 1. The first-order valence-corrected chi connectivity index (χ1v) is 6.54. The summed E-state index contributed by atoms with van der Waals surface area (Å²) in [4.78, 5) is 23.4. The van der Waals surface area contributed by atoms with Crippen molar-refractivity contribution in [2.24, 2.45) is 5.92 Å². The summed E-state index contributed by atoms with van der Waals surface area (Å²) in [7, 11) is 1.25. The topological polar surface area (TPSA) is 55.4 Å². The summed E-state index contributed by atoms with van der Waals surface area (Å²) in [5.41, 5.74) is 0.110. The van der Waals surface area contributed by atoms with Crippen LogP contribution in [0.1, 0.15) is 19.4 Å². The van der Waals surface area contributed by atoms with Crippen LogP contribution in [0.25, 0.3) is 0 Å². The van der Waals surface area contributed by atoms with Gasteiger partial charge >= 0.3 is 5.97 Å². The predicted octanol–water partition coefficient (Wildman–Crippen LogP) is 2.34. The minimum Gasteiger partial charge on any atom is -0.467 e. The minimum absolute atomic E-state index is 0.110. The molecule has 1 rings (SSSR count). The number of carbonyl (C=O) groups excluding carboxylic acids is 2. The van der Waals surface area contributed by atoms with E-state index < -0.39 is 23.7 Å². The molecule has 110 valence electrons. The molecule has 1 unspecified atom stereocenters. The number of halogens is 2. The summed E-state index contributed by atoms with van der Waals surface area (Å²) in [5, 5.41) is 2.71. The van der Waals surface area contributed by atoms with Gasteiger partial charge in [0.05, 0.1) is 13.5 Å². The van der Waals surface area contributed by atoms with Crippen LogP contribution >= 0.6 is 11.6 Å². The molecule has 1 N–H and O–H groups in total. The normalized spacial score (nSPS) is 12.1. The average molecular weight is 302 g/mol. The van der Waals surface area contributed by atoms with Gasteiger partial charge in [0.25, 0.3) is 0 Å². The second-order valence-electron chi connectivity index (χ2n) is 4.69.